The third-order valence-electron chi connectivity index (χ3n) is 3.37. The number of carbonyl (C=O) groups is 1. The molecule has 0 unspecified atom stereocenters. The smallest absolute Gasteiger partial charge is 0.165 e. The van der Waals surface area contributed by atoms with E-state index in [1.165, 1.54) is 5.56 Å². The fourth-order valence-electron chi connectivity index (χ4n) is 2.15. The van der Waals surface area contributed by atoms with E-state index in [4.69, 9.17) is 4.74 Å². The minimum atomic E-state index is -0.00531. The predicted octanol–water partition coefficient (Wildman–Crippen LogP) is 4.51. The molecule has 0 saturated carbocycles. The van der Waals surface area contributed by atoms with Gasteiger partial charge in [-0.05, 0) is 30.7 Å². The molecule has 0 N–H and O–H groups in total. The zero-order valence-electron chi connectivity index (χ0n) is 12.4. The molecule has 2 heteroatoms. The van der Waals surface area contributed by atoms with Crippen LogP contribution < -0.4 is 4.74 Å². The van der Waals surface area contributed by atoms with E-state index in [1.807, 2.05) is 32.0 Å². The monoisotopic (exact) mass is 268 g/mol. The van der Waals surface area contributed by atoms with Crippen molar-refractivity contribution < 1.29 is 9.53 Å². The second-order valence-corrected chi connectivity index (χ2v) is 5.30. The molecule has 0 saturated heterocycles. The summed E-state index contributed by atoms with van der Waals surface area (Å²) in [5.41, 5.74) is 3.96. The van der Waals surface area contributed by atoms with Gasteiger partial charge in [-0.25, -0.2) is 0 Å². The molecule has 2 aromatic rings. The molecule has 2 rings (SSSR count). The summed E-state index contributed by atoms with van der Waals surface area (Å²) >= 11 is 0. The minimum Gasteiger partial charge on any atom is -0.496 e. The van der Waals surface area contributed by atoms with Crippen LogP contribution in [0.3, 0.4) is 0 Å². The number of ether oxygens (including phenoxy) is 1. The molecular weight excluding hydrogens is 248 g/mol. The molecule has 2 nitrogen and oxygen atoms in total. The lowest BCUT2D eigenvalue weighted by Crippen LogP contribution is -2.07. The first kappa shape index (κ1) is 14.3. The van der Waals surface area contributed by atoms with Crippen molar-refractivity contribution in [1.29, 1.82) is 0 Å². The summed E-state index contributed by atoms with van der Waals surface area (Å²) < 4.78 is 5.41. The molecule has 0 aliphatic carbocycles. The fourth-order valence-corrected chi connectivity index (χ4v) is 2.15. The number of aryl methyl sites for hydroxylation is 1. The molecule has 0 heterocycles. The molecule has 0 spiro atoms. The summed E-state index contributed by atoms with van der Waals surface area (Å²) in [6, 6.07) is 13.8. The second-order valence-electron chi connectivity index (χ2n) is 5.30. The largest absolute Gasteiger partial charge is 0.496 e. The van der Waals surface area contributed by atoms with Crippen LogP contribution in [-0.4, -0.2) is 12.9 Å². The van der Waals surface area contributed by atoms with Crippen molar-refractivity contribution in [2.75, 3.05) is 7.11 Å². The molecule has 0 fully saturated rings. The van der Waals surface area contributed by atoms with Crippen molar-refractivity contribution >= 4 is 5.78 Å². The highest BCUT2D eigenvalue weighted by Gasteiger charge is 2.14. The van der Waals surface area contributed by atoms with Crippen LogP contribution in [0.15, 0.2) is 42.5 Å². The van der Waals surface area contributed by atoms with Crippen LogP contribution in [-0.2, 0) is 0 Å². The van der Waals surface area contributed by atoms with Crippen LogP contribution >= 0.6 is 0 Å². The van der Waals surface area contributed by atoms with Crippen LogP contribution in [0.25, 0.3) is 11.1 Å². The molecule has 0 aromatic heterocycles. The standard InChI is InChI=1S/C18H20O2/c1-12(2)18(19)15-9-10-17(20-4)16(11-15)14-7-5-13(3)6-8-14/h5-12H,1-4H3. The van der Waals surface area contributed by atoms with E-state index in [1.54, 1.807) is 7.11 Å². The van der Waals surface area contributed by atoms with Crippen molar-refractivity contribution in [3.05, 3.63) is 53.6 Å². The molecule has 0 atom stereocenters. The van der Waals surface area contributed by atoms with Crippen LogP contribution in [0.1, 0.15) is 29.8 Å². The molecule has 0 bridgehead atoms. The maximum Gasteiger partial charge on any atom is 0.165 e. The van der Waals surface area contributed by atoms with E-state index in [9.17, 15) is 4.79 Å². The van der Waals surface area contributed by atoms with Gasteiger partial charge in [0, 0.05) is 17.0 Å². The summed E-state index contributed by atoms with van der Waals surface area (Å²) in [5, 5.41) is 0. The van der Waals surface area contributed by atoms with Gasteiger partial charge in [-0.15, -0.1) is 0 Å². The number of methoxy groups -OCH3 is 1. The Balaban J connectivity index is 2.52. The van der Waals surface area contributed by atoms with E-state index >= 15 is 0 Å². The van der Waals surface area contributed by atoms with Gasteiger partial charge in [0.1, 0.15) is 5.75 Å². The van der Waals surface area contributed by atoms with E-state index in [2.05, 4.69) is 31.2 Å². The van der Waals surface area contributed by atoms with Gasteiger partial charge >= 0.3 is 0 Å². The van der Waals surface area contributed by atoms with Gasteiger partial charge in [0.15, 0.2) is 5.78 Å². The first-order valence-electron chi connectivity index (χ1n) is 6.82. The quantitative estimate of drug-likeness (QED) is 0.763. The van der Waals surface area contributed by atoms with Gasteiger partial charge in [-0.3, -0.25) is 4.79 Å². The van der Waals surface area contributed by atoms with Crippen LogP contribution in [0, 0.1) is 12.8 Å². The van der Waals surface area contributed by atoms with E-state index in [0.717, 1.165) is 22.4 Å². The Labute approximate surface area is 120 Å². The van der Waals surface area contributed by atoms with Crippen molar-refractivity contribution in [3.8, 4) is 16.9 Å². The molecule has 0 radical (unpaired) electrons. The second kappa shape index (κ2) is 5.91. The third-order valence-corrected chi connectivity index (χ3v) is 3.37. The zero-order chi connectivity index (χ0) is 14.7. The van der Waals surface area contributed by atoms with Crippen LogP contribution in [0.4, 0.5) is 0 Å². The topological polar surface area (TPSA) is 26.3 Å². The summed E-state index contributed by atoms with van der Waals surface area (Å²) in [7, 11) is 1.65. The molecular formula is C18H20O2. The Morgan fingerprint density at radius 2 is 1.70 bits per heavy atom. The molecule has 104 valence electrons. The summed E-state index contributed by atoms with van der Waals surface area (Å²) in [6.07, 6.45) is 0. The van der Waals surface area contributed by atoms with Gasteiger partial charge in [0.05, 0.1) is 7.11 Å². The zero-order valence-corrected chi connectivity index (χ0v) is 12.4. The Morgan fingerprint density at radius 3 is 2.25 bits per heavy atom. The molecule has 0 aliphatic rings. The van der Waals surface area contributed by atoms with Crippen LogP contribution in [0.2, 0.25) is 0 Å². The normalized spacial score (nSPS) is 10.7. The number of rotatable bonds is 4. The maximum absolute atomic E-state index is 12.1. The number of carbonyl (C=O) groups excluding carboxylic acids is 1. The van der Waals surface area contributed by atoms with E-state index in [0.29, 0.717) is 0 Å². The molecule has 2 aromatic carbocycles. The lowest BCUT2D eigenvalue weighted by molar-refractivity contribution is 0.0939. The van der Waals surface area contributed by atoms with Gasteiger partial charge in [-0.1, -0.05) is 43.7 Å². The Hall–Kier alpha value is -2.09. The van der Waals surface area contributed by atoms with Crippen LogP contribution in [0.5, 0.6) is 5.75 Å². The van der Waals surface area contributed by atoms with Gasteiger partial charge in [-0.2, -0.15) is 0 Å². The van der Waals surface area contributed by atoms with Gasteiger partial charge < -0.3 is 4.74 Å². The minimum absolute atomic E-state index is 0.00531. The Morgan fingerprint density at radius 1 is 1.05 bits per heavy atom. The average Bonchev–Trinajstić information content (AvgIpc) is 2.46. The lowest BCUT2D eigenvalue weighted by Gasteiger charge is -2.12. The Kier molecular flexibility index (Phi) is 4.23. The number of hydrogen-bond donors (Lipinski definition) is 0. The van der Waals surface area contributed by atoms with E-state index in [-0.39, 0.29) is 11.7 Å². The molecule has 0 amide bonds. The first-order chi connectivity index (χ1) is 9.52. The lowest BCUT2D eigenvalue weighted by atomic mass is 9.96. The number of Topliss-reactive ketones (excluding diaryl/α,β-unsaturated/α-hetero) is 1. The first-order valence-corrected chi connectivity index (χ1v) is 6.82. The highest BCUT2D eigenvalue weighted by molar-refractivity contribution is 5.99. The average molecular weight is 268 g/mol. The number of hydrogen-bond acceptors (Lipinski definition) is 2. The summed E-state index contributed by atoms with van der Waals surface area (Å²) in [5.74, 6) is 0.935. The van der Waals surface area contributed by atoms with E-state index < -0.39 is 0 Å². The summed E-state index contributed by atoms with van der Waals surface area (Å²) in [6.45, 7) is 5.88. The summed E-state index contributed by atoms with van der Waals surface area (Å²) in [4.78, 5) is 12.1. The van der Waals surface area contributed by atoms with Gasteiger partial charge in [0.25, 0.3) is 0 Å². The number of ketones is 1. The maximum atomic E-state index is 12.1. The molecule has 20 heavy (non-hydrogen) atoms. The van der Waals surface area contributed by atoms with Gasteiger partial charge in [0.2, 0.25) is 0 Å². The van der Waals surface area contributed by atoms with Crippen molar-refractivity contribution in [3.63, 3.8) is 0 Å². The fraction of sp³-hybridized carbons (Fsp3) is 0.278. The van der Waals surface area contributed by atoms with Crippen molar-refractivity contribution in [1.82, 2.24) is 0 Å². The SMILES string of the molecule is COc1ccc(C(=O)C(C)C)cc1-c1ccc(C)cc1. The van der Waals surface area contributed by atoms with Crippen molar-refractivity contribution in [2.45, 2.75) is 20.8 Å². The number of benzene rings is 2. The third kappa shape index (κ3) is 2.90. The predicted molar refractivity (Wildman–Crippen MR) is 82.3 cm³/mol. The highest BCUT2D eigenvalue weighted by atomic mass is 16.5. The molecule has 0 aliphatic heterocycles. The van der Waals surface area contributed by atoms with Crippen molar-refractivity contribution in [2.24, 2.45) is 5.92 Å². The highest BCUT2D eigenvalue weighted by Crippen LogP contribution is 2.31. The Bertz CT molecular complexity index is 610.